The van der Waals surface area contributed by atoms with Gasteiger partial charge in [-0.3, -0.25) is 4.84 Å². The van der Waals surface area contributed by atoms with E-state index in [1.807, 2.05) is 30.3 Å². The second-order valence-corrected chi connectivity index (χ2v) is 3.71. The van der Waals surface area contributed by atoms with Crippen LogP contribution in [-0.2, 0) is 17.3 Å². The maximum atomic E-state index is 5.62. The molecule has 0 atom stereocenters. The SMILES string of the molecule is Nc1nc(CCl)nc(NOCc2ccccc2)n1. The molecule has 0 amide bonds. The van der Waals surface area contributed by atoms with E-state index in [1.165, 1.54) is 0 Å². The van der Waals surface area contributed by atoms with Crippen LogP contribution in [0.5, 0.6) is 0 Å². The van der Waals surface area contributed by atoms with Gasteiger partial charge in [0.25, 0.3) is 5.95 Å². The van der Waals surface area contributed by atoms with E-state index in [1.54, 1.807) is 0 Å². The lowest BCUT2D eigenvalue weighted by atomic mass is 10.2. The van der Waals surface area contributed by atoms with Crippen LogP contribution in [0.4, 0.5) is 11.9 Å². The van der Waals surface area contributed by atoms with Gasteiger partial charge in [0, 0.05) is 0 Å². The van der Waals surface area contributed by atoms with Crippen molar-refractivity contribution in [1.82, 2.24) is 15.0 Å². The van der Waals surface area contributed by atoms with E-state index < -0.39 is 0 Å². The van der Waals surface area contributed by atoms with Gasteiger partial charge >= 0.3 is 0 Å². The molecule has 7 heteroatoms. The molecule has 0 saturated carbocycles. The molecule has 0 radical (unpaired) electrons. The lowest BCUT2D eigenvalue weighted by Crippen LogP contribution is -2.09. The Labute approximate surface area is 109 Å². The standard InChI is InChI=1S/C11H12ClN5O/c12-6-9-14-10(13)16-11(15-9)17-18-7-8-4-2-1-3-5-8/h1-5H,6-7H2,(H3,13,14,15,16,17). The van der Waals surface area contributed by atoms with Crippen LogP contribution >= 0.6 is 11.6 Å². The first-order valence-electron chi connectivity index (χ1n) is 5.26. The second kappa shape index (κ2) is 6.13. The van der Waals surface area contributed by atoms with E-state index in [0.717, 1.165) is 5.56 Å². The second-order valence-electron chi connectivity index (χ2n) is 3.44. The maximum Gasteiger partial charge on any atom is 0.252 e. The Morgan fingerprint density at radius 3 is 2.67 bits per heavy atom. The molecule has 0 aliphatic carbocycles. The number of hydrogen-bond acceptors (Lipinski definition) is 6. The van der Waals surface area contributed by atoms with E-state index >= 15 is 0 Å². The number of nitrogens with zero attached hydrogens (tertiary/aromatic N) is 3. The highest BCUT2D eigenvalue weighted by Gasteiger charge is 2.03. The summed E-state index contributed by atoms with van der Waals surface area (Å²) in [6, 6.07) is 9.72. The van der Waals surface area contributed by atoms with Crippen molar-refractivity contribution in [2.75, 3.05) is 11.2 Å². The first-order valence-corrected chi connectivity index (χ1v) is 5.79. The fourth-order valence-corrected chi connectivity index (χ4v) is 1.42. The largest absolute Gasteiger partial charge is 0.368 e. The van der Waals surface area contributed by atoms with E-state index in [-0.39, 0.29) is 17.8 Å². The highest BCUT2D eigenvalue weighted by atomic mass is 35.5. The van der Waals surface area contributed by atoms with Gasteiger partial charge in [0.1, 0.15) is 0 Å². The molecule has 0 spiro atoms. The summed E-state index contributed by atoms with van der Waals surface area (Å²) in [6.45, 7) is 0.392. The van der Waals surface area contributed by atoms with E-state index in [0.29, 0.717) is 12.4 Å². The number of benzene rings is 1. The summed E-state index contributed by atoms with van der Waals surface area (Å²) in [7, 11) is 0. The number of halogens is 1. The van der Waals surface area contributed by atoms with Gasteiger partial charge in [0.2, 0.25) is 5.95 Å². The minimum Gasteiger partial charge on any atom is -0.368 e. The zero-order chi connectivity index (χ0) is 12.8. The zero-order valence-electron chi connectivity index (χ0n) is 9.51. The molecule has 1 aromatic carbocycles. The average molecular weight is 266 g/mol. The van der Waals surface area contributed by atoms with Gasteiger partial charge in [-0.05, 0) is 5.56 Å². The van der Waals surface area contributed by atoms with E-state index in [9.17, 15) is 0 Å². The van der Waals surface area contributed by atoms with Crippen LogP contribution in [0.3, 0.4) is 0 Å². The number of hydrogen-bond donors (Lipinski definition) is 2. The predicted octanol–water partition coefficient (Wildman–Crippen LogP) is 1.74. The van der Waals surface area contributed by atoms with Gasteiger partial charge in [0.15, 0.2) is 5.82 Å². The number of aromatic nitrogens is 3. The van der Waals surface area contributed by atoms with Gasteiger partial charge in [-0.25, -0.2) is 5.48 Å². The van der Waals surface area contributed by atoms with Crippen molar-refractivity contribution in [3.05, 3.63) is 41.7 Å². The fraction of sp³-hybridized carbons (Fsp3) is 0.182. The summed E-state index contributed by atoms with van der Waals surface area (Å²) < 4.78 is 0. The minimum atomic E-state index is 0.103. The molecular formula is C11H12ClN5O. The lowest BCUT2D eigenvalue weighted by Gasteiger charge is -2.06. The summed E-state index contributed by atoms with van der Waals surface area (Å²) in [5.41, 5.74) is 9.14. The van der Waals surface area contributed by atoms with Crippen LogP contribution in [0.15, 0.2) is 30.3 Å². The highest BCUT2D eigenvalue weighted by Crippen LogP contribution is 2.06. The quantitative estimate of drug-likeness (QED) is 0.633. The topological polar surface area (TPSA) is 86.0 Å². The third kappa shape index (κ3) is 3.54. The first kappa shape index (κ1) is 12.5. The summed E-state index contributed by atoms with van der Waals surface area (Å²) in [6.07, 6.45) is 0. The molecule has 1 aromatic heterocycles. The number of rotatable bonds is 5. The minimum absolute atomic E-state index is 0.103. The molecule has 0 fully saturated rings. The Hall–Kier alpha value is -1.92. The Kier molecular flexibility index (Phi) is 4.27. The Bertz CT molecular complexity index is 508. The Morgan fingerprint density at radius 2 is 1.94 bits per heavy atom. The van der Waals surface area contributed by atoms with Crippen LogP contribution in [0.1, 0.15) is 11.4 Å². The molecule has 2 rings (SSSR count). The van der Waals surface area contributed by atoms with Crippen molar-refractivity contribution in [2.24, 2.45) is 0 Å². The Morgan fingerprint density at radius 1 is 1.17 bits per heavy atom. The van der Waals surface area contributed by atoms with Crippen molar-refractivity contribution < 1.29 is 4.84 Å². The van der Waals surface area contributed by atoms with Gasteiger partial charge in [0.05, 0.1) is 12.5 Å². The average Bonchev–Trinajstić information content (AvgIpc) is 2.39. The van der Waals surface area contributed by atoms with E-state index in [2.05, 4.69) is 20.4 Å². The third-order valence-electron chi connectivity index (χ3n) is 2.06. The van der Waals surface area contributed by atoms with Crippen molar-refractivity contribution in [3.63, 3.8) is 0 Å². The number of nitrogens with two attached hydrogens (primary N) is 1. The summed E-state index contributed by atoms with van der Waals surface area (Å²) in [5, 5.41) is 0. The van der Waals surface area contributed by atoms with Gasteiger partial charge in [-0.1, -0.05) is 30.3 Å². The predicted molar refractivity (Wildman–Crippen MR) is 68.7 cm³/mol. The summed E-state index contributed by atoms with van der Waals surface area (Å²) >= 11 is 5.62. The maximum absolute atomic E-state index is 5.62. The first-order chi connectivity index (χ1) is 8.78. The van der Waals surface area contributed by atoms with Gasteiger partial charge in [-0.2, -0.15) is 15.0 Å². The van der Waals surface area contributed by atoms with Crippen LogP contribution < -0.4 is 11.2 Å². The van der Waals surface area contributed by atoms with Crippen LogP contribution in [-0.4, -0.2) is 15.0 Å². The fourth-order valence-electron chi connectivity index (χ4n) is 1.30. The molecule has 0 bridgehead atoms. The van der Waals surface area contributed by atoms with Gasteiger partial charge in [-0.15, -0.1) is 11.6 Å². The summed E-state index contributed by atoms with van der Waals surface area (Å²) in [4.78, 5) is 17.0. The lowest BCUT2D eigenvalue weighted by molar-refractivity contribution is 0.177. The molecule has 1 heterocycles. The highest BCUT2D eigenvalue weighted by molar-refractivity contribution is 6.16. The number of anilines is 2. The van der Waals surface area contributed by atoms with Crippen LogP contribution in [0.25, 0.3) is 0 Å². The molecule has 0 aliphatic rings. The monoisotopic (exact) mass is 265 g/mol. The van der Waals surface area contributed by atoms with Crippen molar-refractivity contribution in [1.29, 1.82) is 0 Å². The molecule has 0 saturated heterocycles. The smallest absolute Gasteiger partial charge is 0.252 e. The van der Waals surface area contributed by atoms with Crippen molar-refractivity contribution in [3.8, 4) is 0 Å². The van der Waals surface area contributed by atoms with Crippen molar-refractivity contribution >= 4 is 23.5 Å². The van der Waals surface area contributed by atoms with Crippen LogP contribution in [0.2, 0.25) is 0 Å². The molecule has 0 unspecified atom stereocenters. The number of nitrogen functional groups attached to an aromatic ring is 1. The number of alkyl halides is 1. The number of nitrogens with one attached hydrogen (secondary N) is 1. The molecule has 18 heavy (non-hydrogen) atoms. The third-order valence-corrected chi connectivity index (χ3v) is 2.30. The van der Waals surface area contributed by atoms with Crippen molar-refractivity contribution in [2.45, 2.75) is 12.5 Å². The molecule has 94 valence electrons. The van der Waals surface area contributed by atoms with E-state index in [4.69, 9.17) is 22.2 Å². The molecule has 3 N–H and O–H groups in total. The Balaban J connectivity index is 1.92. The van der Waals surface area contributed by atoms with Gasteiger partial charge < -0.3 is 5.73 Å². The van der Waals surface area contributed by atoms with Crippen LogP contribution in [0, 0.1) is 0 Å². The zero-order valence-corrected chi connectivity index (χ0v) is 10.3. The molecular weight excluding hydrogens is 254 g/mol. The summed E-state index contributed by atoms with van der Waals surface area (Å²) in [5.74, 6) is 0.913. The molecule has 0 aliphatic heterocycles. The normalized spacial score (nSPS) is 10.3. The molecule has 2 aromatic rings. The molecule has 6 nitrogen and oxygen atoms in total.